The van der Waals surface area contributed by atoms with E-state index in [1.807, 2.05) is 25.3 Å². The van der Waals surface area contributed by atoms with Crippen molar-refractivity contribution in [2.45, 2.75) is 26.3 Å². The summed E-state index contributed by atoms with van der Waals surface area (Å²) in [7, 11) is 0. The molecule has 2 N–H and O–H groups in total. The predicted molar refractivity (Wildman–Crippen MR) is 59.1 cm³/mol. The number of hydrogen-bond acceptors (Lipinski definition) is 2. The molecule has 80 valence electrons. The van der Waals surface area contributed by atoms with Crippen LogP contribution in [0.1, 0.15) is 20.8 Å². The first-order valence-corrected chi connectivity index (χ1v) is 4.83. The van der Waals surface area contributed by atoms with Crippen LogP contribution >= 0.6 is 0 Å². The fraction of sp³-hybridized carbons (Fsp3) is 0.364. The Balaban J connectivity index is 2.80. The lowest BCUT2D eigenvalue weighted by Gasteiger charge is -2.23. The SMILES string of the molecule is CC(C)(C)n1c(N)nc2cc(F)ccc21. The minimum Gasteiger partial charge on any atom is -0.369 e. The fourth-order valence-corrected chi connectivity index (χ4v) is 1.78. The van der Waals surface area contributed by atoms with E-state index in [0.717, 1.165) is 5.52 Å². The van der Waals surface area contributed by atoms with Crippen molar-refractivity contribution in [3.05, 3.63) is 24.0 Å². The van der Waals surface area contributed by atoms with E-state index in [1.54, 1.807) is 6.07 Å². The van der Waals surface area contributed by atoms with Crippen molar-refractivity contribution >= 4 is 17.0 Å². The molecule has 0 unspecified atom stereocenters. The number of anilines is 1. The molecule has 1 heterocycles. The van der Waals surface area contributed by atoms with Crippen LogP contribution in [0.2, 0.25) is 0 Å². The number of nitrogen functional groups attached to an aromatic ring is 1. The Morgan fingerprint density at radius 1 is 1.33 bits per heavy atom. The van der Waals surface area contributed by atoms with Gasteiger partial charge in [-0.25, -0.2) is 9.37 Å². The molecule has 0 saturated carbocycles. The summed E-state index contributed by atoms with van der Waals surface area (Å²) >= 11 is 0. The van der Waals surface area contributed by atoms with Crippen LogP contribution < -0.4 is 5.73 Å². The minimum absolute atomic E-state index is 0.156. The molecule has 0 spiro atoms. The Morgan fingerprint density at radius 2 is 2.00 bits per heavy atom. The second kappa shape index (κ2) is 2.95. The lowest BCUT2D eigenvalue weighted by atomic mass is 10.1. The van der Waals surface area contributed by atoms with Crippen LogP contribution in [-0.2, 0) is 5.54 Å². The van der Waals surface area contributed by atoms with Crippen LogP contribution in [0.5, 0.6) is 0 Å². The summed E-state index contributed by atoms with van der Waals surface area (Å²) in [6.07, 6.45) is 0. The van der Waals surface area contributed by atoms with Gasteiger partial charge in [-0.1, -0.05) is 0 Å². The first-order chi connectivity index (χ1) is 6.89. The Hall–Kier alpha value is -1.58. The first-order valence-electron chi connectivity index (χ1n) is 4.83. The molecule has 0 fully saturated rings. The molecular weight excluding hydrogens is 193 g/mol. The van der Waals surface area contributed by atoms with Crippen molar-refractivity contribution < 1.29 is 4.39 Å². The number of halogens is 1. The quantitative estimate of drug-likeness (QED) is 0.721. The summed E-state index contributed by atoms with van der Waals surface area (Å²) in [6, 6.07) is 4.53. The molecule has 0 aliphatic rings. The van der Waals surface area contributed by atoms with E-state index in [2.05, 4.69) is 4.98 Å². The first kappa shape index (κ1) is 9.96. The average Bonchev–Trinajstić information content (AvgIpc) is 2.38. The normalized spacial score (nSPS) is 12.3. The maximum atomic E-state index is 13.0. The number of nitrogens with two attached hydrogens (primary N) is 1. The van der Waals surface area contributed by atoms with Gasteiger partial charge in [0.2, 0.25) is 5.95 Å². The van der Waals surface area contributed by atoms with Crippen LogP contribution in [0, 0.1) is 5.82 Å². The number of benzene rings is 1. The summed E-state index contributed by atoms with van der Waals surface area (Å²) in [5.74, 6) is 0.129. The van der Waals surface area contributed by atoms with Crippen LogP contribution in [0.3, 0.4) is 0 Å². The van der Waals surface area contributed by atoms with Crippen LogP contribution in [0.25, 0.3) is 11.0 Å². The van der Waals surface area contributed by atoms with Gasteiger partial charge in [0, 0.05) is 11.6 Å². The van der Waals surface area contributed by atoms with Crippen molar-refractivity contribution in [1.82, 2.24) is 9.55 Å². The van der Waals surface area contributed by atoms with E-state index in [-0.39, 0.29) is 11.4 Å². The Morgan fingerprint density at radius 3 is 2.60 bits per heavy atom. The third kappa shape index (κ3) is 1.56. The Bertz CT molecular complexity index is 508. The molecule has 4 heteroatoms. The predicted octanol–water partition coefficient (Wildman–Crippen LogP) is 2.51. The summed E-state index contributed by atoms with van der Waals surface area (Å²) in [5, 5.41) is 0. The second-order valence-corrected chi connectivity index (χ2v) is 4.61. The summed E-state index contributed by atoms with van der Waals surface area (Å²) in [4.78, 5) is 4.14. The maximum Gasteiger partial charge on any atom is 0.201 e. The van der Waals surface area contributed by atoms with E-state index < -0.39 is 0 Å². The van der Waals surface area contributed by atoms with Gasteiger partial charge in [-0.2, -0.15) is 0 Å². The standard InChI is InChI=1S/C11H14FN3/c1-11(2,3)15-9-5-4-7(12)6-8(9)14-10(15)13/h4-6H,1-3H3,(H2,13,14). The zero-order valence-electron chi connectivity index (χ0n) is 9.08. The van der Waals surface area contributed by atoms with Gasteiger partial charge in [0.15, 0.2) is 0 Å². The molecule has 15 heavy (non-hydrogen) atoms. The lowest BCUT2D eigenvalue weighted by molar-refractivity contribution is 0.414. The van der Waals surface area contributed by atoms with Gasteiger partial charge in [-0.05, 0) is 32.9 Å². The highest BCUT2D eigenvalue weighted by Gasteiger charge is 2.19. The van der Waals surface area contributed by atoms with Gasteiger partial charge < -0.3 is 10.3 Å². The summed E-state index contributed by atoms with van der Waals surface area (Å²) in [5.41, 5.74) is 7.12. The van der Waals surface area contributed by atoms with E-state index in [1.165, 1.54) is 12.1 Å². The van der Waals surface area contributed by atoms with E-state index in [0.29, 0.717) is 11.5 Å². The summed E-state index contributed by atoms with van der Waals surface area (Å²) < 4.78 is 14.9. The van der Waals surface area contributed by atoms with Crippen LogP contribution in [-0.4, -0.2) is 9.55 Å². The van der Waals surface area contributed by atoms with Gasteiger partial charge in [-0.3, -0.25) is 0 Å². The summed E-state index contributed by atoms with van der Waals surface area (Å²) in [6.45, 7) is 6.11. The molecule has 0 radical (unpaired) electrons. The molecule has 3 nitrogen and oxygen atoms in total. The number of fused-ring (bicyclic) bond motifs is 1. The third-order valence-corrected chi connectivity index (χ3v) is 2.31. The number of rotatable bonds is 0. The zero-order chi connectivity index (χ0) is 11.2. The number of hydrogen-bond donors (Lipinski definition) is 1. The molecular formula is C11H14FN3. The van der Waals surface area contributed by atoms with Gasteiger partial charge >= 0.3 is 0 Å². The second-order valence-electron chi connectivity index (χ2n) is 4.61. The van der Waals surface area contributed by atoms with Gasteiger partial charge in [0.05, 0.1) is 11.0 Å². The molecule has 2 aromatic rings. The van der Waals surface area contributed by atoms with Crippen molar-refractivity contribution in [3.63, 3.8) is 0 Å². The van der Waals surface area contributed by atoms with Crippen molar-refractivity contribution in [2.75, 3.05) is 5.73 Å². The van der Waals surface area contributed by atoms with E-state index in [4.69, 9.17) is 5.73 Å². The van der Waals surface area contributed by atoms with Gasteiger partial charge in [0.1, 0.15) is 5.82 Å². The van der Waals surface area contributed by atoms with Gasteiger partial charge in [0.25, 0.3) is 0 Å². The smallest absolute Gasteiger partial charge is 0.201 e. The molecule has 0 aliphatic heterocycles. The van der Waals surface area contributed by atoms with E-state index in [9.17, 15) is 4.39 Å². The maximum absolute atomic E-state index is 13.0. The lowest BCUT2D eigenvalue weighted by Crippen LogP contribution is -2.23. The number of nitrogens with zero attached hydrogens (tertiary/aromatic N) is 2. The zero-order valence-corrected chi connectivity index (χ0v) is 9.08. The van der Waals surface area contributed by atoms with Crippen molar-refractivity contribution in [3.8, 4) is 0 Å². The minimum atomic E-state index is -0.291. The average molecular weight is 207 g/mol. The molecule has 1 aromatic heterocycles. The molecule has 0 amide bonds. The highest BCUT2D eigenvalue weighted by molar-refractivity contribution is 5.78. The third-order valence-electron chi connectivity index (χ3n) is 2.31. The van der Waals surface area contributed by atoms with Crippen molar-refractivity contribution in [1.29, 1.82) is 0 Å². The highest BCUT2D eigenvalue weighted by atomic mass is 19.1. The molecule has 0 atom stereocenters. The Kier molecular flexibility index (Phi) is 1.96. The molecule has 0 bridgehead atoms. The topological polar surface area (TPSA) is 43.8 Å². The van der Waals surface area contributed by atoms with Crippen LogP contribution in [0.4, 0.5) is 10.3 Å². The van der Waals surface area contributed by atoms with Gasteiger partial charge in [-0.15, -0.1) is 0 Å². The van der Waals surface area contributed by atoms with E-state index >= 15 is 0 Å². The molecule has 2 rings (SSSR count). The molecule has 0 saturated heterocycles. The molecule has 1 aromatic carbocycles. The highest BCUT2D eigenvalue weighted by Crippen LogP contribution is 2.26. The Labute approximate surface area is 87.7 Å². The fourth-order valence-electron chi connectivity index (χ4n) is 1.78. The largest absolute Gasteiger partial charge is 0.369 e. The van der Waals surface area contributed by atoms with Crippen molar-refractivity contribution in [2.24, 2.45) is 0 Å². The molecule has 0 aliphatic carbocycles. The van der Waals surface area contributed by atoms with Crippen LogP contribution in [0.15, 0.2) is 18.2 Å². The number of imidazole rings is 1. The monoisotopic (exact) mass is 207 g/mol. The number of aromatic nitrogens is 2.